The van der Waals surface area contributed by atoms with Crippen molar-refractivity contribution in [3.63, 3.8) is 0 Å². The topological polar surface area (TPSA) is 42.2 Å². The van der Waals surface area contributed by atoms with Gasteiger partial charge in [0.2, 0.25) is 0 Å². The molecule has 0 saturated heterocycles. The van der Waals surface area contributed by atoms with E-state index in [0.717, 1.165) is 17.7 Å². The van der Waals surface area contributed by atoms with E-state index >= 15 is 0 Å². The Labute approximate surface area is 102 Å². The van der Waals surface area contributed by atoms with Gasteiger partial charge in [0.05, 0.1) is 5.69 Å². The third-order valence-electron chi connectivity index (χ3n) is 2.57. The lowest BCUT2D eigenvalue weighted by Crippen LogP contribution is -2.12. The Balaban J connectivity index is 2.21. The second-order valence-corrected chi connectivity index (χ2v) is 3.93. The Morgan fingerprint density at radius 1 is 1.22 bits per heavy atom. The van der Waals surface area contributed by atoms with Crippen LogP contribution in [0.4, 0.5) is 14.5 Å². The molecule has 1 aromatic heterocycles. The van der Waals surface area contributed by atoms with Crippen molar-refractivity contribution in [1.29, 1.82) is 0 Å². The Hall–Kier alpha value is -2.17. The van der Waals surface area contributed by atoms with Crippen LogP contribution in [0.1, 0.15) is 21.9 Å². The van der Waals surface area contributed by atoms with Gasteiger partial charge in [-0.15, -0.1) is 0 Å². The third-order valence-corrected chi connectivity index (χ3v) is 2.57. The molecule has 0 aliphatic rings. The number of rotatable bonds is 2. The number of benzene rings is 1. The molecule has 0 aliphatic heterocycles. The number of aryl methyl sites for hydroxylation is 2. The predicted octanol–water partition coefficient (Wildman–Crippen LogP) is 3.43. The minimum atomic E-state index is -0.830. The number of furan rings is 1. The van der Waals surface area contributed by atoms with E-state index in [2.05, 4.69) is 5.32 Å². The first kappa shape index (κ1) is 12.3. The van der Waals surface area contributed by atoms with Gasteiger partial charge in [0.1, 0.15) is 17.4 Å². The third kappa shape index (κ3) is 2.40. The Kier molecular flexibility index (Phi) is 3.14. The number of hydrogen-bond donors (Lipinski definition) is 1. The Bertz CT molecular complexity index is 586. The molecule has 0 spiro atoms. The van der Waals surface area contributed by atoms with Gasteiger partial charge in [-0.25, -0.2) is 8.78 Å². The van der Waals surface area contributed by atoms with E-state index in [4.69, 9.17) is 4.42 Å². The summed E-state index contributed by atoms with van der Waals surface area (Å²) in [5, 5.41) is 2.32. The van der Waals surface area contributed by atoms with Crippen molar-refractivity contribution >= 4 is 11.6 Å². The van der Waals surface area contributed by atoms with Crippen LogP contribution < -0.4 is 5.32 Å². The number of amides is 1. The van der Waals surface area contributed by atoms with Gasteiger partial charge in [0, 0.05) is 6.07 Å². The highest BCUT2D eigenvalue weighted by atomic mass is 19.1. The molecule has 1 heterocycles. The fourth-order valence-corrected chi connectivity index (χ4v) is 1.46. The van der Waals surface area contributed by atoms with Gasteiger partial charge in [0.15, 0.2) is 5.76 Å². The molecule has 1 amide bonds. The fourth-order valence-electron chi connectivity index (χ4n) is 1.46. The van der Waals surface area contributed by atoms with Crippen LogP contribution in [0.15, 0.2) is 28.7 Å². The van der Waals surface area contributed by atoms with Crippen LogP contribution in [-0.2, 0) is 0 Å². The molecule has 0 bridgehead atoms. The highest BCUT2D eigenvalue weighted by Gasteiger charge is 2.14. The zero-order chi connectivity index (χ0) is 13.3. The van der Waals surface area contributed by atoms with Gasteiger partial charge in [-0.05, 0) is 37.6 Å². The molecule has 0 atom stereocenters. The van der Waals surface area contributed by atoms with E-state index in [1.807, 2.05) is 0 Å². The maximum Gasteiger partial charge on any atom is 0.291 e. The van der Waals surface area contributed by atoms with Crippen molar-refractivity contribution in [1.82, 2.24) is 0 Å². The highest BCUT2D eigenvalue weighted by Crippen LogP contribution is 2.18. The van der Waals surface area contributed by atoms with Crippen LogP contribution in [0, 0.1) is 25.5 Å². The number of hydrogen-bond acceptors (Lipinski definition) is 2. The van der Waals surface area contributed by atoms with E-state index in [-0.39, 0.29) is 11.4 Å². The molecule has 2 rings (SSSR count). The second-order valence-electron chi connectivity index (χ2n) is 3.93. The Morgan fingerprint density at radius 2 is 1.94 bits per heavy atom. The molecule has 0 radical (unpaired) electrons. The normalized spacial score (nSPS) is 10.4. The highest BCUT2D eigenvalue weighted by molar-refractivity contribution is 6.02. The SMILES string of the molecule is Cc1cc(C(=O)Nc2ccc(F)cc2F)oc1C. The minimum absolute atomic E-state index is 0.0897. The van der Waals surface area contributed by atoms with Crippen molar-refractivity contribution in [2.24, 2.45) is 0 Å². The summed E-state index contributed by atoms with van der Waals surface area (Å²) in [6, 6.07) is 4.49. The molecule has 94 valence electrons. The second kappa shape index (κ2) is 4.60. The van der Waals surface area contributed by atoms with Crippen molar-refractivity contribution in [3.8, 4) is 0 Å². The van der Waals surface area contributed by atoms with E-state index in [0.29, 0.717) is 11.8 Å². The van der Waals surface area contributed by atoms with Gasteiger partial charge in [-0.2, -0.15) is 0 Å². The average molecular weight is 251 g/mol. The lowest BCUT2D eigenvalue weighted by atomic mass is 10.2. The summed E-state index contributed by atoms with van der Waals surface area (Å²) in [6.07, 6.45) is 0. The van der Waals surface area contributed by atoms with Crippen molar-refractivity contribution in [2.75, 3.05) is 5.32 Å². The summed E-state index contributed by atoms with van der Waals surface area (Å²) in [6.45, 7) is 3.53. The van der Waals surface area contributed by atoms with E-state index in [9.17, 15) is 13.6 Å². The first-order valence-corrected chi connectivity index (χ1v) is 5.31. The van der Waals surface area contributed by atoms with Crippen molar-refractivity contribution in [2.45, 2.75) is 13.8 Å². The monoisotopic (exact) mass is 251 g/mol. The lowest BCUT2D eigenvalue weighted by Gasteiger charge is -2.04. The van der Waals surface area contributed by atoms with E-state index in [1.165, 1.54) is 0 Å². The van der Waals surface area contributed by atoms with Crippen LogP contribution in [0.5, 0.6) is 0 Å². The average Bonchev–Trinajstić information content (AvgIpc) is 2.63. The van der Waals surface area contributed by atoms with Crippen LogP contribution in [0.3, 0.4) is 0 Å². The first-order valence-electron chi connectivity index (χ1n) is 5.31. The van der Waals surface area contributed by atoms with Gasteiger partial charge in [-0.1, -0.05) is 0 Å². The standard InChI is InChI=1S/C13H11F2NO2/c1-7-5-12(18-8(7)2)13(17)16-11-4-3-9(14)6-10(11)15/h3-6H,1-2H3,(H,16,17). The zero-order valence-corrected chi connectivity index (χ0v) is 9.88. The summed E-state index contributed by atoms with van der Waals surface area (Å²) < 4.78 is 31.2. The number of halogens is 2. The first-order chi connectivity index (χ1) is 8.47. The largest absolute Gasteiger partial charge is 0.456 e. The van der Waals surface area contributed by atoms with Crippen LogP contribution in [0.2, 0.25) is 0 Å². The molecule has 3 nitrogen and oxygen atoms in total. The molecule has 18 heavy (non-hydrogen) atoms. The molecule has 1 N–H and O–H groups in total. The smallest absolute Gasteiger partial charge is 0.291 e. The minimum Gasteiger partial charge on any atom is -0.456 e. The molecule has 0 saturated carbocycles. The predicted molar refractivity (Wildman–Crippen MR) is 62.5 cm³/mol. The van der Waals surface area contributed by atoms with Gasteiger partial charge in [0.25, 0.3) is 5.91 Å². The molecule has 0 fully saturated rings. The summed E-state index contributed by atoms with van der Waals surface area (Å²) in [5.74, 6) is -1.39. The van der Waals surface area contributed by atoms with Crippen LogP contribution in [-0.4, -0.2) is 5.91 Å². The zero-order valence-electron chi connectivity index (χ0n) is 9.88. The lowest BCUT2D eigenvalue weighted by molar-refractivity contribution is 0.0995. The number of carbonyl (C=O) groups excluding carboxylic acids is 1. The molecule has 5 heteroatoms. The quantitative estimate of drug-likeness (QED) is 0.888. The summed E-state index contributed by atoms with van der Waals surface area (Å²) in [4.78, 5) is 11.8. The van der Waals surface area contributed by atoms with E-state index < -0.39 is 17.5 Å². The molecular weight excluding hydrogens is 240 g/mol. The molecule has 1 aromatic carbocycles. The van der Waals surface area contributed by atoms with Gasteiger partial charge >= 0.3 is 0 Å². The molecule has 0 unspecified atom stereocenters. The molecular formula is C13H11F2NO2. The number of carbonyl (C=O) groups is 1. The maximum absolute atomic E-state index is 13.3. The fraction of sp³-hybridized carbons (Fsp3) is 0.154. The van der Waals surface area contributed by atoms with Crippen molar-refractivity contribution in [3.05, 3.63) is 53.0 Å². The number of anilines is 1. The summed E-state index contributed by atoms with van der Waals surface area (Å²) >= 11 is 0. The van der Waals surface area contributed by atoms with Gasteiger partial charge < -0.3 is 9.73 Å². The summed E-state index contributed by atoms with van der Waals surface area (Å²) in [5.41, 5.74) is 0.743. The van der Waals surface area contributed by atoms with Gasteiger partial charge in [-0.3, -0.25) is 4.79 Å². The van der Waals surface area contributed by atoms with Crippen LogP contribution >= 0.6 is 0 Å². The van der Waals surface area contributed by atoms with Crippen LogP contribution in [0.25, 0.3) is 0 Å². The van der Waals surface area contributed by atoms with Crippen molar-refractivity contribution < 1.29 is 18.0 Å². The number of nitrogens with one attached hydrogen (secondary N) is 1. The summed E-state index contributed by atoms with van der Waals surface area (Å²) in [7, 11) is 0. The Morgan fingerprint density at radius 3 is 2.50 bits per heavy atom. The maximum atomic E-state index is 13.3. The molecule has 2 aromatic rings. The van der Waals surface area contributed by atoms with E-state index in [1.54, 1.807) is 19.9 Å². The molecule has 0 aliphatic carbocycles.